The molecule has 0 atom stereocenters. The van der Waals surface area contributed by atoms with Gasteiger partial charge in [-0.25, -0.2) is 0 Å². The summed E-state index contributed by atoms with van der Waals surface area (Å²) in [5, 5.41) is 15.5. The van der Waals surface area contributed by atoms with Gasteiger partial charge in [-0.1, -0.05) is 12.1 Å². The summed E-state index contributed by atoms with van der Waals surface area (Å²) in [4.78, 5) is 12.8. The largest absolute Gasteiger partial charge is 0.378 e. The molecule has 10 nitrogen and oxygen atoms in total. The van der Waals surface area contributed by atoms with Crippen molar-refractivity contribution in [2.24, 2.45) is 5.10 Å². The van der Waals surface area contributed by atoms with Crippen molar-refractivity contribution in [3.05, 3.63) is 81.1 Å². The van der Waals surface area contributed by atoms with Gasteiger partial charge < -0.3 is 9.64 Å². The first kappa shape index (κ1) is 23.6. The minimum atomic E-state index is -4.25. The van der Waals surface area contributed by atoms with Gasteiger partial charge >= 0.3 is 0 Å². The van der Waals surface area contributed by atoms with Crippen LogP contribution in [0.5, 0.6) is 0 Å². The molecule has 1 heterocycles. The molecule has 1 saturated heterocycles. The van der Waals surface area contributed by atoms with Gasteiger partial charge in [0.2, 0.25) is 0 Å². The number of non-ortho nitro benzene ring substituents is 1. The van der Waals surface area contributed by atoms with E-state index >= 15 is 0 Å². The van der Waals surface area contributed by atoms with Gasteiger partial charge in [-0.05, 0) is 59.9 Å². The number of allylic oxidation sites excluding steroid dienone is 2. The predicted molar refractivity (Wildman–Crippen MR) is 128 cm³/mol. The number of nitrogens with one attached hydrogen (secondary N) is 1. The monoisotopic (exact) mass is 484 g/mol. The molecular weight excluding hydrogens is 460 g/mol. The summed E-state index contributed by atoms with van der Waals surface area (Å²) in [6.45, 7) is 2.72. The number of rotatable bonds is 7. The second-order valence-electron chi connectivity index (χ2n) is 7.86. The Hall–Kier alpha value is -3.54. The van der Waals surface area contributed by atoms with E-state index in [1.54, 1.807) is 18.3 Å². The third-order valence-corrected chi connectivity index (χ3v) is 6.46. The number of hydrazone groups is 1. The number of hydrogen-bond donors (Lipinski definition) is 2. The Balaban J connectivity index is 1.59. The molecule has 0 unspecified atom stereocenters. The average molecular weight is 485 g/mol. The van der Waals surface area contributed by atoms with E-state index < -0.39 is 15.0 Å². The van der Waals surface area contributed by atoms with E-state index in [-0.39, 0.29) is 10.6 Å². The van der Waals surface area contributed by atoms with E-state index in [0.29, 0.717) is 18.9 Å². The standard InChI is InChI=1S/C23H24N4O6S/c28-27(29)21-3-1-2-17(15-21)14-18-4-5-19(23(18)26-10-12-33-13-11-26)16-24-25-20-6-8-22(9-7-20)34(30,31)32/h1-3,6-9,14-16,25H,4-5,10-13H2,(H,30,31,32)/b18-14-,24-16+. The van der Waals surface area contributed by atoms with Gasteiger partial charge in [0.05, 0.1) is 34.9 Å². The SMILES string of the molecule is O=[N+]([O-])c1cccc(/C=C2/CCC(/C=N/Nc3ccc(S(=O)(=O)O)cc3)=C2N2CCOCC2)c1. The molecule has 1 aliphatic heterocycles. The topological polar surface area (TPSA) is 134 Å². The molecule has 2 aliphatic rings. The lowest BCUT2D eigenvalue weighted by Gasteiger charge is -2.31. The van der Waals surface area contributed by atoms with E-state index in [0.717, 1.165) is 48.3 Å². The minimum absolute atomic E-state index is 0.0512. The van der Waals surface area contributed by atoms with Crippen LogP contribution in [0.4, 0.5) is 11.4 Å². The van der Waals surface area contributed by atoms with Gasteiger partial charge in [-0.2, -0.15) is 13.5 Å². The third kappa shape index (κ3) is 5.68. The number of hydrogen-bond acceptors (Lipinski definition) is 8. The minimum Gasteiger partial charge on any atom is -0.378 e. The Labute approximate surface area is 197 Å². The first-order chi connectivity index (χ1) is 16.3. The van der Waals surface area contributed by atoms with Crippen LogP contribution in [0.3, 0.4) is 0 Å². The Morgan fingerprint density at radius 1 is 1.12 bits per heavy atom. The van der Waals surface area contributed by atoms with Crippen molar-refractivity contribution in [1.82, 2.24) is 4.90 Å². The first-order valence-electron chi connectivity index (χ1n) is 10.7. The lowest BCUT2D eigenvalue weighted by Crippen LogP contribution is -2.36. The predicted octanol–water partition coefficient (Wildman–Crippen LogP) is 3.70. The average Bonchev–Trinajstić information content (AvgIpc) is 3.21. The zero-order valence-corrected chi connectivity index (χ0v) is 19.1. The van der Waals surface area contributed by atoms with Crippen molar-refractivity contribution in [2.45, 2.75) is 17.7 Å². The second-order valence-corrected chi connectivity index (χ2v) is 9.29. The van der Waals surface area contributed by atoms with Crippen LogP contribution >= 0.6 is 0 Å². The fourth-order valence-corrected chi connectivity index (χ4v) is 4.47. The summed E-state index contributed by atoms with van der Waals surface area (Å²) in [5.74, 6) is 0. The molecule has 0 radical (unpaired) electrons. The maximum absolute atomic E-state index is 11.2. The van der Waals surface area contributed by atoms with Gasteiger partial charge in [-0.15, -0.1) is 0 Å². The Kier molecular flexibility index (Phi) is 7.06. The Morgan fingerprint density at radius 2 is 1.85 bits per heavy atom. The van der Waals surface area contributed by atoms with Crippen LogP contribution in [0.1, 0.15) is 18.4 Å². The van der Waals surface area contributed by atoms with E-state index in [4.69, 9.17) is 9.29 Å². The second kappa shape index (κ2) is 10.2. The molecule has 0 saturated carbocycles. The van der Waals surface area contributed by atoms with E-state index in [2.05, 4.69) is 15.4 Å². The quantitative estimate of drug-likeness (QED) is 0.263. The van der Waals surface area contributed by atoms with Crippen LogP contribution < -0.4 is 5.43 Å². The molecule has 0 aromatic heterocycles. The van der Waals surface area contributed by atoms with Crippen LogP contribution in [0.25, 0.3) is 6.08 Å². The summed E-state index contributed by atoms with van der Waals surface area (Å²) in [7, 11) is -4.25. The van der Waals surface area contributed by atoms with Crippen molar-refractivity contribution >= 4 is 33.8 Å². The van der Waals surface area contributed by atoms with Crippen LogP contribution in [0.2, 0.25) is 0 Å². The number of nitrogens with zero attached hydrogens (tertiary/aromatic N) is 3. The normalized spacial score (nSPS) is 18.1. The lowest BCUT2D eigenvalue weighted by atomic mass is 10.1. The molecule has 1 aliphatic carbocycles. The molecule has 178 valence electrons. The molecule has 11 heteroatoms. The number of nitro groups is 1. The summed E-state index contributed by atoms with van der Waals surface area (Å²) in [6, 6.07) is 12.2. The molecule has 2 N–H and O–H groups in total. The molecular formula is C23H24N4O6S. The van der Waals surface area contributed by atoms with Crippen molar-refractivity contribution in [2.75, 3.05) is 31.7 Å². The zero-order chi connectivity index (χ0) is 24.1. The molecule has 1 fully saturated rings. The molecule has 2 aromatic carbocycles. The van der Waals surface area contributed by atoms with Crippen molar-refractivity contribution in [3.63, 3.8) is 0 Å². The maximum Gasteiger partial charge on any atom is 0.294 e. The number of benzene rings is 2. The lowest BCUT2D eigenvalue weighted by molar-refractivity contribution is -0.384. The van der Waals surface area contributed by atoms with Crippen molar-refractivity contribution in [3.8, 4) is 0 Å². The van der Waals surface area contributed by atoms with Crippen molar-refractivity contribution < 1.29 is 22.6 Å². The highest BCUT2D eigenvalue weighted by molar-refractivity contribution is 7.85. The fourth-order valence-electron chi connectivity index (χ4n) is 3.99. The summed E-state index contributed by atoms with van der Waals surface area (Å²) in [6.07, 6.45) is 5.27. The van der Waals surface area contributed by atoms with Gasteiger partial charge in [0, 0.05) is 30.9 Å². The van der Waals surface area contributed by atoms with Gasteiger partial charge in [0.25, 0.3) is 15.8 Å². The van der Waals surface area contributed by atoms with Gasteiger partial charge in [0.15, 0.2) is 0 Å². The molecule has 0 bridgehead atoms. The van der Waals surface area contributed by atoms with E-state index in [9.17, 15) is 18.5 Å². The molecule has 2 aromatic rings. The number of nitro benzene ring substituents is 1. The van der Waals surface area contributed by atoms with E-state index in [1.807, 2.05) is 12.1 Å². The number of anilines is 1. The van der Waals surface area contributed by atoms with E-state index in [1.165, 1.54) is 30.3 Å². The first-order valence-corrected chi connectivity index (χ1v) is 12.1. The highest BCUT2D eigenvalue weighted by atomic mass is 32.2. The molecule has 34 heavy (non-hydrogen) atoms. The van der Waals surface area contributed by atoms with Crippen LogP contribution in [-0.4, -0.2) is 55.3 Å². The molecule has 0 spiro atoms. The summed E-state index contributed by atoms with van der Waals surface area (Å²) >= 11 is 0. The Bertz CT molecular complexity index is 1260. The van der Waals surface area contributed by atoms with Gasteiger partial charge in [0.1, 0.15) is 0 Å². The summed E-state index contributed by atoms with van der Waals surface area (Å²) < 4.78 is 36.9. The zero-order valence-electron chi connectivity index (χ0n) is 18.3. The third-order valence-electron chi connectivity index (χ3n) is 5.59. The smallest absolute Gasteiger partial charge is 0.294 e. The number of ether oxygens (including phenoxy) is 1. The maximum atomic E-state index is 11.2. The Morgan fingerprint density at radius 3 is 2.53 bits per heavy atom. The molecule has 0 amide bonds. The number of morpholine rings is 1. The van der Waals surface area contributed by atoms with Crippen LogP contribution in [0.15, 0.2) is 75.4 Å². The fraction of sp³-hybridized carbons (Fsp3) is 0.261. The highest BCUT2D eigenvalue weighted by Crippen LogP contribution is 2.35. The van der Waals surface area contributed by atoms with Crippen molar-refractivity contribution in [1.29, 1.82) is 0 Å². The van der Waals surface area contributed by atoms with Crippen LogP contribution in [0, 0.1) is 10.1 Å². The molecule has 4 rings (SSSR count). The summed E-state index contributed by atoms with van der Waals surface area (Å²) in [5.41, 5.74) is 7.44. The van der Waals surface area contributed by atoms with Gasteiger partial charge in [-0.3, -0.25) is 20.1 Å². The van der Waals surface area contributed by atoms with Crippen LogP contribution in [-0.2, 0) is 14.9 Å². The highest BCUT2D eigenvalue weighted by Gasteiger charge is 2.25.